The first-order valence-electron chi connectivity index (χ1n) is 4.49. The molecule has 1 aromatic carbocycles. The largest absolute Gasteiger partial charge is 0.316 e. The van der Waals surface area contributed by atoms with Gasteiger partial charge in [0.15, 0.2) is 11.6 Å². The molecule has 0 aliphatic heterocycles. The summed E-state index contributed by atoms with van der Waals surface area (Å²) in [5.41, 5.74) is -1.71. The van der Waals surface area contributed by atoms with Crippen molar-refractivity contribution in [1.29, 1.82) is 0 Å². The van der Waals surface area contributed by atoms with Crippen LogP contribution in [0.3, 0.4) is 0 Å². The number of nitrogens with zero attached hydrogens (tertiary/aromatic N) is 2. The highest BCUT2D eigenvalue weighted by Gasteiger charge is 2.14. The minimum atomic E-state index is -1.13. The van der Waals surface area contributed by atoms with Crippen LogP contribution >= 0.6 is 0 Å². The second kappa shape index (κ2) is 3.26. The Balaban J connectivity index is 3.22. The van der Waals surface area contributed by atoms with Gasteiger partial charge in [0.05, 0.1) is 5.52 Å². The topological polar surface area (TPSA) is 44.0 Å². The summed E-state index contributed by atoms with van der Waals surface area (Å²) in [6.07, 6.45) is 0. The minimum Gasteiger partial charge on any atom is -0.305 e. The van der Waals surface area contributed by atoms with Crippen LogP contribution in [-0.4, -0.2) is 9.13 Å². The fourth-order valence-electron chi connectivity index (χ4n) is 1.62. The van der Waals surface area contributed by atoms with Gasteiger partial charge >= 0.3 is 11.1 Å². The van der Waals surface area contributed by atoms with Gasteiger partial charge in [0.1, 0.15) is 5.52 Å². The molecule has 0 aliphatic carbocycles. The zero-order chi connectivity index (χ0) is 12.0. The first-order valence-corrected chi connectivity index (χ1v) is 4.49. The van der Waals surface area contributed by atoms with Crippen LogP contribution < -0.4 is 11.1 Å². The van der Waals surface area contributed by atoms with Crippen LogP contribution in [0, 0.1) is 11.6 Å². The van der Waals surface area contributed by atoms with Gasteiger partial charge in [-0.1, -0.05) is 0 Å². The van der Waals surface area contributed by atoms with Crippen LogP contribution in [0.15, 0.2) is 21.7 Å². The maximum atomic E-state index is 13.5. The average molecular weight is 226 g/mol. The molecule has 0 saturated heterocycles. The molecule has 0 N–H and O–H groups in total. The molecule has 1 aromatic heterocycles. The minimum absolute atomic E-state index is 0.172. The van der Waals surface area contributed by atoms with Gasteiger partial charge < -0.3 is 9.13 Å². The number of hydrogen-bond donors (Lipinski definition) is 0. The van der Waals surface area contributed by atoms with E-state index in [0.717, 1.165) is 15.2 Å². The van der Waals surface area contributed by atoms with Crippen LogP contribution in [0.1, 0.15) is 0 Å². The summed E-state index contributed by atoms with van der Waals surface area (Å²) in [5.74, 6) is -2.19. The quantitative estimate of drug-likeness (QED) is 0.614. The Hall–Kier alpha value is -1.98. The lowest BCUT2D eigenvalue weighted by atomic mass is 10.2. The third-order valence-corrected chi connectivity index (χ3v) is 2.54. The Morgan fingerprint density at radius 3 is 2.19 bits per heavy atom. The van der Waals surface area contributed by atoms with Gasteiger partial charge in [-0.25, -0.2) is 8.78 Å². The molecule has 0 unspecified atom stereocenters. The molecule has 0 atom stereocenters. The highest BCUT2D eigenvalue weighted by atomic mass is 19.2. The van der Waals surface area contributed by atoms with Crippen molar-refractivity contribution in [2.24, 2.45) is 14.1 Å². The summed E-state index contributed by atoms with van der Waals surface area (Å²) >= 11 is 0. The van der Waals surface area contributed by atoms with E-state index in [4.69, 9.17) is 0 Å². The molecular weight excluding hydrogens is 218 g/mol. The SMILES string of the molecule is Cn1c(=O)c(=O)n(C)c2c(F)c(F)ccc21. The van der Waals surface area contributed by atoms with E-state index in [9.17, 15) is 18.4 Å². The van der Waals surface area contributed by atoms with Crippen molar-refractivity contribution in [3.8, 4) is 0 Å². The van der Waals surface area contributed by atoms with Crippen molar-refractivity contribution in [3.05, 3.63) is 44.5 Å². The van der Waals surface area contributed by atoms with E-state index in [0.29, 0.717) is 0 Å². The maximum Gasteiger partial charge on any atom is 0.316 e. The molecule has 6 heteroatoms. The molecule has 1 heterocycles. The van der Waals surface area contributed by atoms with Crippen molar-refractivity contribution in [3.63, 3.8) is 0 Å². The summed E-state index contributed by atoms with van der Waals surface area (Å²) in [7, 11) is 2.57. The van der Waals surface area contributed by atoms with Gasteiger partial charge in [-0.2, -0.15) is 0 Å². The average Bonchev–Trinajstić information content (AvgIpc) is 2.27. The predicted molar refractivity (Wildman–Crippen MR) is 54.3 cm³/mol. The molecule has 84 valence electrons. The highest BCUT2D eigenvalue weighted by molar-refractivity contribution is 5.75. The van der Waals surface area contributed by atoms with Crippen molar-refractivity contribution in [2.45, 2.75) is 0 Å². The Morgan fingerprint density at radius 2 is 1.56 bits per heavy atom. The summed E-state index contributed by atoms with van der Waals surface area (Å²) in [6.45, 7) is 0. The first kappa shape index (κ1) is 10.5. The Bertz CT molecular complexity index is 701. The molecule has 0 bridgehead atoms. The molecule has 0 spiro atoms. The van der Waals surface area contributed by atoms with E-state index in [1.807, 2.05) is 0 Å². The summed E-state index contributed by atoms with van der Waals surface area (Å²) < 4.78 is 28.3. The van der Waals surface area contributed by atoms with Crippen LogP contribution in [-0.2, 0) is 14.1 Å². The fraction of sp³-hybridized carbons (Fsp3) is 0.200. The number of aromatic nitrogens is 2. The lowest BCUT2D eigenvalue weighted by Gasteiger charge is -2.09. The van der Waals surface area contributed by atoms with Crippen LogP contribution in [0.25, 0.3) is 11.0 Å². The standard InChI is InChI=1S/C10H8F2N2O2/c1-13-6-4-3-5(11)7(12)8(6)14(2)10(16)9(13)15/h3-4H,1-2H3. The monoisotopic (exact) mass is 226 g/mol. The fourth-order valence-corrected chi connectivity index (χ4v) is 1.62. The van der Waals surface area contributed by atoms with Crippen molar-refractivity contribution >= 4 is 11.0 Å². The number of aryl methyl sites for hydroxylation is 2. The van der Waals surface area contributed by atoms with Crippen molar-refractivity contribution in [2.75, 3.05) is 0 Å². The molecule has 4 nitrogen and oxygen atoms in total. The predicted octanol–water partition coefficient (Wildman–Crippen LogP) is 0.515. The third kappa shape index (κ3) is 1.19. The lowest BCUT2D eigenvalue weighted by Crippen LogP contribution is -2.39. The van der Waals surface area contributed by atoms with E-state index in [1.54, 1.807) is 0 Å². The van der Waals surface area contributed by atoms with Crippen LogP contribution in [0.2, 0.25) is 0 Å². The normalized spacial score (nSPS) is 11.0. The van der Waals surface area contributed by atoms with Gasteiger partial charge in [-0.05, 0) is 12.1 Å². The van der Waals surface area contributed by atoms with E-state index in [1.165, 1.54) is 20.2 Å². The van der Waals surface area contributed by atoms with E-state index in [-0.39, 0.29) is 11.0 Å². The molecule has 16 heavy (non-hydrogen) atoms. The van der Waals surface area contributed by atoms with Gasteiger partial charge in [0.2, 0.25) is 0 Å². The summed E-state index contributed by atoms with van der Waals surface area (Å²) in [6, 6.07) is 2.18. The molecule has 0 amide bonds. The number of fused-ring (bicyclic) bond motifs is 1. The highest BCUT2D eigenvalue weighted by Crippen LogP contribution is 2.16. The number of benzene rings is 1. The molecule has 2 rings (SSSR count). The van der Waals surface area contributed by atoms with Gasteiger partial charge in [0, 0.05) is 14.1 Å². The first-order chi connectivity index (χ1) is 7.45. The zero-order valence-corrected chi connectivity index (χ0v) is 8.62. The molecule has 0 saturated carbocycles. The van der Waals surface area contributed by atoms with Gasteiger partial charge in [0.25, 0.3) is 0 Å². The maximum absolute atomic E-state index is 13.5. The van der Waals surface area contributed by atoms with Gasteiger partial charge in [-0.15, -0.1) is 0 Å². The summed E-state index contributed by atoms with van der Waals surface area (Å²) in [4.78, 5) is 22.8. The Kier molecular flexibility index (Phi) is 2.15. The molecule has 0 aliphatic rings. The van der Waals surface area contributed by atoms with E-state index >= 15 is 0 Å². The second-order valence-corrected chi connectivity index (χ2v) is 3.46. The van der Waals surface area contributed by atoms with Crippen molar-refractivity contribution in [1.82, 2.24) is 9.13 Å². The van der Waals surface area contributed by atoms with Gasteiger partial charge in [-0.3, -0.25) is 9.59 Å². The number of hydrogen-bond acceptors (Lipinski definition) is 2. The lowest BCUT2D eigenvalue weighted by molar-refractivity contribution is 0.511. The molecule has 2 aromatic rings. The number of halogens is 2. The Labute approximate surface area is 88.4 Å². The van der Waals surface area contributed by atoms with Crippen LogP contribution in [0.5, 0.6) is 0 Å². The zero-order valence-electron chi connectivity index (χ0n) is 8.62. The third-order valence-electron chi connectivity index (χ3n) is 2.54. The molecular formula is C10H8F2N2O2. The van der Waals surface area contributed by atoms with E-state index in [2.05, 4.69) is 0 Å². The smallest absolute Gasteiger partial charge is 0.305 e. The molecule has 0 radical (unpaired) electrons. The van der Waals surface area contributed by atoms with E-state index < -0.39 is 22.8 Å². The molecule has 0 fully saturated rings. The number of rotatable bonds is 0. The summed E-state index contributed by atoms with van der Waals surface area (Å²) in [5, 5.41) is 0. The van der Waals surface area contributed by atoms with Crippen LogP contribution in [0.4, 0.5) is 8.78 Å². The Morgan fingerprint density at radius 1 is 1.00 bits per heavy atom. The van der Waals surface area contributed by atoms with Crippen molar-refractivity contribution < 1.29 is 8.78 Å². The second-order valence-electron chi connectivity index (χ2n) is 3.46.